The maximum atomic E-state index is 11.1. The van der Waals surface area contributed by atoms with Crippen LogP contribution in [0.3, 0.4) is 0 Å². The number of halogens is 1. The molecule has 1 rings (SSSR count). The second-order valence-corrected chi connectivity index (χ2v) is 7.42. The van der Waals surface area contributed by atoms with Gasteiger partial charge in [0.2, 0.25) is 10.0 Å². The highest BCUT2D eigenvalue weighted by atomic mass is 79.9. The summed E-state index contributed by atoms with van der Waals surface area (Å²) in [4.78, 5) is 1.10. The summed E-state index contributed by atoms with van der Waals surface area (Å²) in [5.41, 5.74) is 0. The lowest BCUT2D eigenvalue weighted by atomic mass is 10.4. The van der Waals surface area contributed by atoms with Gasteiger partial charge in [-0.15, -0.1) is 11.3 Å². The fourth-order valence-corrected chi connectivity index (χ4v) is 4.20. The predicted molar refractivity (Wildman–Crippen MR) is 65.4 cm³/mol. The first-order chi connectivity index (χ1) is 6.80. The topological polar surface area (TPSA) is 72.2 Å². The molecule has 0 saturated heterocycles. The third-order valence-electron chi connectivity index (χ3n) is 1.70. The van der Waals surface area contributed by atoms with Gasteiger partial charge in [-0.25, -0.2) is 13.6 Å². The Hall–Kier alpha value is 0.0500. The summed E-state index contributed by atoms with van der Waals surface area (Å²) in [5.74, 6) is 0. The zero-order valence-electron chi connectivity index (χ0n) is 8.45. The van der Waals surface area contributed by atoms with Gasteiger partial charge in [-0.3, -0.25) is 0 Å². The van der Waals surface area contributed by atoms with E-state index in [0.717, 1.165) is 4.88 Å². The molecule has 0 fully saturated rings. The minimum Gasteiger partial charge on any atom is -0.310 e. The van der Waals surface area contributed by atoms with Crippen LogP contribution in [0.1, 0.15) is 18.7 Å². The van der Waals surface area contributed by atoms with Crippen LogP contribution in [0.2, 0.25) is 0 Å². The lowest BCUT2D eigenvalue weighted by molar-refractivity contribution is 0.591. The summed E-state index contributed by atoms with van der Waals surface area (Å²) in [6.45, 7) is 4.71. The number of rotatable bonds is 4. The van der Waals surface area contributed by atoms with Crippen molar-refractivity contribution in [3.63, 3.8) is 0 Å². The van der Waals surface area contributed by atoms with Crippen molar-refractivity contribution in [1.29, 1.82) is 0 Å². The second kappa shape index (κ2) is 4.92. The van der Waals surface area contributed by atoms with E-state index >= 15 is 0 Å². The van der Waals surface area contributed by atoms with Crippen molar-refractivity contribution in [3.05, 3.63) is 14.7 Å². The molecular weight excluding hydrogens is 300 g/mol. The van der Waals surface area contributed by atoms with E-state index in [-0.39, 0.29) is 4.90 Å². The van der Waals surface area contributed by atoms with Crippen LogP contribution in [0.5, 0.6) is 0 Å². The van der Waals surface area contributed by atoms with Crippen LogP contribution in [-0.4, -0.2) is 14.5 Å². The van der Waals surface area contributed by atoms with Gasteiger partial charge < -0.3 is 5.32 Å². The summed E-state index contributed by atoms with van der Waals surface area (Å²) in [6.07, 6.45) is 0. The lowest BCUT2D eigenvalue weighted by Gasteiger charge is -2.04. The molecule has 86 valence electrons. The first-order valence-electron chi connectivity index (χ1n) is 4.35. The van der Waals surface area contributed by atoms with Crippen molar-refractivity contribution in [2.45, 2.75) is 31.3 Å². The largest absolute Gasteiger partial charge is 0.310 e. The minimum absolute atomic E-state index is 0.160. The summed E-state index contributed by atoms with van der Waals surface area (Å²) >= 11 is 4.57. The average Bonchev–Trinajstić information content (AvgIpc) is 2.42. The molecule has 0 atom stereocenters. The molecular formula is C8H13BrN2O2S2. The van der Waals surface area contributed by atoms with E-state index in [0.29, 0.717) is 16.4 Å². The normalized spacial score (nSPS) is 12.3. The van der Waals surface area contributed by atoms with Crippen LogP contribution in [0.25, 0.3) is 0 Å². The van der Waals surface area contributed by atoms with Gasteiger partial charge in [-0.1, -0.05) is 13.8 Å². The molecule has 0 radical (unpaired) electrons. The third-order valence-corrected chi connectivity index (χ3v) is 4.86. The zero-order valence-corrected chi connectivity index (χ0v) is 11.7. The molecule has 1 aromatic rings. The van der Waals surface area contributed by atoms with Gasteiger partial charge in [0.15, 0.2) is 0 Å². The third kappa shape index (κ3) is 3.84. The quantitative estimate of drug-likeness (QED) is 0.888. The first-order valence-corrected chi connectivity index (χ1v) is 7.50. The van der Waals surface area contributed by atoms with Crippen LogP contribution in [0.15, 0.2) is 14.7 Å². The summed E-state index contributed by atoms with van der Waals surface area (Å²) in [5, 5.41) is 8.26. The molecule has 3 N–H and O–H groups in total. The average molecular weight is 313 g/mol. The predicted octanol–water partition coefficient (Wildman–Crippen LogP) is 1.66. The monoisotopic (exact) mass is 312 g/mol. The lowest BCUT2D eigenvalue weighted by Crippen LogP contribution is -2.21. The molecule has 1 heterocycles. The molecule has 0 amide bonds. The molecule has 0 spiro atoms. The van der Waals surface area contributed by atoms with Gasteiger partial charge >= 0.3 is 0 Å². The molecule has 0 aliphatic carbocycles. The molecule has 0 aliphatic heterocycles. The fraction of sp³-hybridized carbons (Fsp3) is 0.500. The number of nitrogens with two attached hydrogens (primary N) is 1. The Morgan fingerprint density at radius 3 is 2.60 bits per heavy atom. The van der Waals surface area contributed by atoms with E-state index in [9.17, 15) is 8.42 Å². The molecule has 15 heavy (non-hydrogen) atoms. The highest BCUT2D eigenvalue weighted by molar-refractivity contribution is 9.11. The number of hydrogen-bond acceptors (Lipinski definition) is 4. The van der Waals surface area contributed by atoms with Gasteiger partial charge in [0.25, 0.3) is 0 Å². The maximum Gasteiger partial charge on any atom is 0.240 e. The van der Waals surface area contributed by atoms with Gasteiger partial charge in [0.1, 0.15) is 4.90 Å². The van der Waals surface area contributed by atoms with E-state index in [1.165, 1.54) is 11.3 Å². The standard InChI is InChI=1S/C8H13BrN2O2S2/c1-5(2)11-4-6-3-7(8(9)14-6)15(10,12)13/h3,5,11H,4H2,1-2H3,(H2,10,12,13). The summed E-state index contributed by atoms with van der Waals surface area (Å²) in [7, 11) is -3.62. The molecule has 1 aromatic heterocycles. The highest BCUT2D eigenvalue weighted by Gasteiger charge is 2.16. The van der Waals surface area contributed by atoms with Crippen LogP contribution >= 0.6 is 27.3 Å². The van der Waals surface area contributed by atoms with E-state index in [1.54, 1.807) is 6.07 Å². The minimum atomic E-state index is -3.62. The molecule has 0 aliphatic rings. The van der Waals surface area contributed by atoms with Crippen LogP contribution in [0, 0.1) is 0 Å². The van der Waals surface area contributed by atoms with Gasteiger partial charge in [0, 0.05) is 17.5 Å². The Labute approximate surface area is 102 Å². The van der Waals surface area contributed by atoms with Crippen LogP contribution in [0.4, 0.5) is 0 Å². The Morgan fingerprint density at radius 2 is 2.20 bits per heavy atom. The highest BCUT2D eigenvalue weighted by Crippen LogP contribution is 2.30. The maximum absolute atomic E-state index is 11.1. The fourth-order valence-electron chi connectivity index (χ4n) is 0.984. The number of primary sulfonamides is 1. The number of sulfonamides is 1. The van der Waals surface area contributed by atoms with Gasteiger partial charge in [-0.2, -0.15) is 0 Å². The molecule has 0 saturated carbocycles. The second-order valence-electron chi connectivity index (χ2n) is 3.43. The molecule has 0 bridgehead atoms. The van der Waals surface area contributed by atoms with Crippen molar-refractivity contribution in [2.24, 2.45) is 5.14 Å². The van der Waals surface area contributed by atoms with Crippen molar-refractivity contribution < 1.29 is 8.42 Å². The molecule has 4 nitrogen and oxygen atoms in total. The molecule has 0 unspecified atom stereocenters. The van der Waals surface area contributed by atoms with E-state index < -0.39 is 10.0 Å². The van der Waals surface area contributed by atoms with E-state index in [2.05, 4.69) is 21.2 Å². The number of hydrogen-bond donors (Lipinski definition) is 2. The Kier molecular flexibility index (Phi) is 4.30. The van der Waals surface area contributed by atoms with Crippen LogP contribution in [-0.2, 0) is 16.6 Å². The number of nitrogens with one attached hydrogen (secondary N) is 1. The van der Waals surface area contributed by atoms with Crippen molar-refractivity contribution in [3.8, 4) is 0 Å². The van der Waals surface area contributed by atoms with Crippen LogP contribution < -0.4 is 10.5 Å². The van der Waals surface area contributed by atoms with E-state index in [4.69, 9.17) is 5.14 Å². The number of thiophene rings is 1. The Balaban J connectivity index is 2.87. The first kappa shape index (κ1) is 13.1. The Bertz CT molecular complexity index is 439. The SMILES string of the molecule is CC(C)NCc1cc(S(N)(=O)=O)c(Br)s1. The van der Waals surface area contributed by atoms with Gasteiger partial charge in [0.05, 0.1) is 3.79 Å². The Morgan fingerprint density at radius 1 is 1.60 bits per heavy atom. The van der Waals surface area contributed by atoms with Gasteiger partial charge in [-0.05, 0) is 22.0 Å². The van der Waals surface area contributed by atoms with Crippen molar-refractivity contribution in [2.75, 3.05) is 0 Å². The summed E-state index contributed by atoms with van der Waals surface area (Å²) < 4.78 is 22.8. The molecule has 7 heteroatoms. The molecule has 0 aromatic carbocycles. The summed E-state index contributed by atoms with van der Waals surface area (Å²) in [6, 6.07) is 1.96. The van der Waals surface area contributed by atoms with E-state index in [1.807, 2.05) is 13.8 Å². The zero-order chi connectivity index (χ0) is 11.6. The van der Waals surface area contributed by atoms with Crippen molar-refractivity contribution >= 4 is 37.3 Å². The smallest absolute Gasteiger partial charge is 0.240 e. The van der Waals surface area contributed by atoms with Crippen molar-refractivity contribution in [1.82, 2.24) is 5.32 Å².